The van der Waals surface area contributed by atoms with Gasteiger partial charge in [0.2, 0.25) is 0 Å². The number of halogens is 3. The maximum absolute atomic E-state index is 15.0. The molecule has 0 spiro atoms. The summed E-state index contributed by atoms with van der Waals surface area (Å²) in [4.78, 5) is 7.29. The molecule has 0 aliphatic rings. The monoisotopic (exact) mass is 526 g/mol. The average Bonchev–Trinajstić information content (AvgIpc) is 3.33. The molecular weight excluding hydrogens is 510 g/mol. The molecule has 7 nitrogen and oxygen atoms in total. The Bertz CT molecular complexity index is 1710. The topological polar surface area (TPSA) is 85.6 Å². The minimum Gasteiger partial charge on any atom is -0.453 e. The first-order valence-corrected chi connectivity index (χ1v) is 12.4. The summed E-state index contributed by atoms with van der Waals surface area (Å²) in [5.41, 5.74) is 2.62. The number of hydrogen-bond donors (Lipinski definition) is 1. The fourth-order valence-corrected chi connectivity index (χ4v) is 4.84. The van der Waals surface area contributed by atoms with Gasteiger partial charge in [-0.3, -0.25) is 9.12 Å². The van der Waals surface area contributed by atoms with Crippen LogP contribution >= 0.6 is 11.6 Å². The van der Waals surface area contributed by atoms with Gasteiger partial charge in [-0.15, -0.1) is 0 Å². The molecule has 0 unspecified atom stereocenters. The van der Waals surface area contributed by atoms with Crippen LogP contribution in [0.4, 0.5) is 14.6 Å². The van der Waals surface area contributed by atoms with E-state index in [0.29, 0.717) is 34.1 Å². The van der Waals surface area contributed by atoms with Crippen LogP contribution in [0.1, 0.15) is 5.56 Å². The van der Waals surface area contributed by atoms with Crippen molar-refractivity contribution in [3.63, 3.8) is 0 Å². The van der Waals surface area contributed by atoms with Crippen molar-refractivity contribution in [1.82, 2.24) is 14.4 Å². The van der Waals surface area contributed by atoms with Gasteiger partial charge in [0.1, 0.15) is 27.9 Å². The summed E-state index contributed by atoms with van der Waals surface area (Å²) in [5.74, 6) is -2.62. The quantitative estimate of drug-likeness (QED) is 0.283. The number of ether oxygens (including phenoxy) is 1. The molecule has 0 atom stereocenters. The molecule has 2 aromatic carbocycles. The standard InChI is InChI=1S/C25H17ClF2N4O3S/c1-15-5-8-24(30-14-15)31-36(33,34)23-13-18(27)22(12-19(23)28)35-21-7-6-16(26)11-17(21)20-3-2-4-25-29-9-10-32(20)25/h2-14H,1H3,(H,30,31). The second-order valence-electron chi connectivity index (χ2n) is 7.85. The molecule has 0 saturated carbocycles. The number of aromatic nitrogens is 3. The normalized spacial score (nSPS) is 11.6. The van der Waals surface area contributed by atoms with Crippen LogP contribution in [0.25, 0.3) is 16.9 Å². The molecular formula is C25H17ClF2N4O3S. The fourth-order valence-electron chi connectivity index (χ4n) is 3.59. The first kappa shape index (κ1) is 23.7. The highest BCUT2D eigenvalue weighted by atomic mass is 35.5. The third-order valence-electron chi connectivity index (χ3n) is 5.29. The van der Waals surface area contributed by atoms with E-state index in [1.54, 1.807) is 54.0 Å². The summed E-state index contributed by atoms with van der Waals surface area (Å²) in [6.07, 6.45) is 4.81. The molecule has 5 aromatic rings. The molecule has 182 valence electrons. The Morgan fingerprint density at radius 1 is 0.972 bits per heavy atom. The summed E-state index contributed by atoms with van der Waals surface area (Å²) >= 11 is 6.20. The number of anilines is 1. The molecule has 0 aliphatic carbocycles. The van der Waals surface area contributed by atoms with E-state index in [-0.39, 0.29) is 11.6 Å². The number of pyridine rings is 2. The molecule has 5 rings (SSSR count). The van der Waals surface area contributed by atoms with Gasteiger partial charge in [-0.25, -0.2) is 27.2 Å². The van der Waals surface area contributed by atoms with Crippen molar-refractivity contribution in [2.45, 2.75) is 11.8 Å². The maximum Gasteiger partial charge on any atom is 0.266 e. The largest absolute Gasteiger partial charge is 0.453 e. The van der Waals surface area contributed by atoms with Gasteiger partial charge in [-0.05, 0) is 48.9 Å². The van der Waals surface area contributed by atoms with E-state index < -0.39 is 32.3 Å². The lowest BCUT2D eigenvalue weighted by Gasteiger charge is -2.15. The van der Waals surface area contributed by atoms with Crippen LogP contribution in [0.2, 0.25) is 5.02 Å². The average molecular weight is 527 g/mol. The van der Waals surface area contributed by atoms with Crippen molar-refractivity contribution < 1.29 is 21.9 Å². The highest BCUT2D eigenvalue weighted by Gasteiger charge is 2.24. The van der Waals surface area contributed by atoms with Gasteiger partial charge >= 0.3 is 0 Å². The number of aryl methyl sites for hydroxylation is 1. The van der Waals surface area contributed by atoms with E-state index in [1.165, 1.54) is 18.3 Å². The molecule has 0 bridgehead atoms. The summed E-state index contributed by atoms with van der Waals surface area (Å²) in [6, 6.07) is 14.4. The van der Waals surface area contributed by atoms with Crippen LogP contribution in [0, 0.1) is 18.6 Å². The Morgan fingerprint density at radius 2 is 1.81 bits per heavy atom. The van der Waals surface area contributed by atoms with Crippen molar-refractivity contribution in [3.8, 4) is 22.8 Å². The highest BCUT2D eigenvalue weighted by Crippen LogP contribution is 2.37. The van der Waals surface area contributed by atoms with Crippen molar-refractivity contribution in [3.05, 3.63) is 101 Å². The van der Waals surface area contributed by atoms with E-state index in [4.69, 9.17) is 16.3 Å². The van der Waals surface area contributed by atoms with Crippen molar-refractivity contribution in [1.29, 1.82) is 0 Å². The molecule has 0 aliphatic heterocycles. The lowest BCUT2D eigenvalue weighted by Crippen LogP contribution is -2.16. The molecule has 36 heavy (non-hydrogen) atoms. The Morgan fingerprint density at radius 3 is 2.58 bits per heavy atom. The van der Waals surface area contributed by atoms with Gasteiger partial charge in [0, 0.05) is 41.3 Å². The summed E-state index contributed by atoms with van der Waals surface area (Å²) in [7, 11) is -4.45. The minimum absolute atomic E-state index is 0.0276. The Balaban J connectivity index is 1.51. The molecule has 0 fully saturated rings. The molecule has 0 amide bonds. The van der Waals surface area contributed by atoms with Gasteiger partial charge in [0.05, 0.1) is 5.69 Å². The maximum atomic E-state index is 15.0. The van der Waals surface area contributed by atoms with Gasteiger partial charge in [0.15, 0.2) is 11.6 Å². The number of hydrogen-bond acceptors (Lipinski definition) is 5. The lowest BCUT2D eigenvalue weighted by molar-refractivity contribution is 0.433. The van der Waals surface area contributed by atoms with Crippen LogP contribution in [0.3, 0.4) is 0 Å². The molecule has 11 heteroatoms. The van der Waals surface area contributed by atoms with E-state index >= 15 is 4.39 Å². The van der Waals surface area contributed by atoms with Crippen LogP contribution in [-0.2, 0) is 10.0 Å². The predicted molar refractivity (Wildman–Crippen MR) is 132 cm³/mol. The van der Waals surface area contributed by atoms with Crippen LogP contribution in [0.15, 0.2) is 84.1 Å². The molecule has 0 radical (unpaired) electrons. The number of sulfonamides is 1. The van der Waals surface area contributed by atoms with Crippen LogP contribution in [0.5, 0.6) is 11.5 Å². The van der Waals surface area contributed by atoms with Crippen LogP contribution in [-0.4, -0.2) is 22.8 Å². The Hall–Kier alpha value is -4.02. The summed E-state index contributed by atoms with van der Waals surface area (Å²) < 4.78 is 65.0. The third-order valence-corrected chi connectivity index (χ3v) is 6.90. The predicted octanol–water partition coefficient (Wildman–Crippen LogP) is 6.23. The van der Waals surface area contributed by atoms with Crippen molar-refractivity contribution in [2.24, 2.45) is 0 Å². The summed E-state index contributed by atoms with van der Waals surface area (Å²) in [6.45, 7) is 1.78. The molecule has 0 saturated heterocycles. The number of rotatable bonds is 6. The first-order chi connectivity index (χ1) is 17.2. The SMILES string of the molecule is Cc1ccc(NS(=O)(=O)c2cc(F)c(Oc3ccc(Cl)cc3-c3cccc4nccn34)cc2F)nc1. The van der Waals surface area contributed by atoms with Crippen molar-refractivity contribution >= 4 is 33.1 Å². The number of imidazole rings is 1. The second-order valence-corrected chi connectivity index (χ2v) is 9.94. The van der Waals surface area contributed by atoms with E-state index in [0.717, 1.165) is 5.56 Å². The minimum atomic E-state index is -4.45. The second kappa shape index (κ2) is 9.21. The molecule has 1 N–H and O–H groups in total. The zero-order chi connectivity index (χ0) is 25.4. The number of nitrogens with zero attached hydrogens (tertiary/aromatic N) is 3. The first-order valence-electron chi connectivity index (χ1n) is 10.6. The zero-order valence-electron chi connectivity index (χ0n) is 18.6. The lowest BCUT2D eigenvalue weighted by atomic mass is 10.1. The molecule has 3 heterocycles. The third kappa shape index (κ3) is 4.60. The van der Waals surface area contributed by atoms with Gasteiger partial charge in [0.25, 0.3) is 10.0 Å². The number of nitrogens with one attached hydrogen (secondary N) is 1. The fraction of sp³-hybridized carbons (Fsp3) is 0.0400. The number of fused-ring (bicyclic) bond motifs is 1. The number of benzene rings is 2. The Kier molecular flexibility index (Phi) is 6.07. The van der Waals surface area contributed by atoms with E-state index in [1.807, 2.05) is 6.07 Å². The van der Waals surface area contributed by atoms with Gasteiger partial charge in [-0.1, -0.05) is 23.7 Å². The smallest absolute Gasteiger partial charge is 0.266 e. The van der Waals surface area contributed by atoms with Crippen LogP contribution < -0.4 is 9.46 Å². The summed E-state index contributed by atoms with van der Waals surface area (Å²) in [5, 5.41) is 0.401. The zero-order valence-corrected chi connectivity index (χ0v) is 20.2. The van der Waals surface area contributed by atoms with Gasteiger partial charge in [-0.2, -0.15) is 0 Å². The van der Waals surface area contributed by atoms with E-state index in [2.05, 4.69) is 14.7 Å². The van der Waals surface area contributed by atoms with E-state index in [9.17, 15) is 12.8 Å². The Labute approximate surface area is 210 Å². The van der Waals surface area contributed by atoms with Crippen molar-refractivity contribution in [2.75, 3.05) is 4.72 Å². The van der Waals surface area contributed by atoms with Gasteiger partial charge < -0.3 is 4.74 Å². The highest BCUT2D eigenvalue weighted by molar-refractivity contribution is 7.92. The molecule has 3 aromatic heterocycles.